The monoisotopic (exact) mass is 456 g/mol. The largest absolute Gasteiger partial charge is 0.488 e. The first kappa shape index (κ1) is 18.1. The van der Waals surface area contributed by atoms with E-state index in [9.17, 15) is 4.79 Å². The molecule has 0 saturated carbocycles. The molecule has 130 valence electrons. The van der Waals surface area contributed by atoms with E-state index in [2.05, 4.69) is 33.1 Å². The molecular formula is C21H17IN2O2. The van der Waals surface area contributed by atoms with E-state index in [1.807, 2.05) is 72.8 Å². The lowest BCUT2D eigenvalue weighted by Gasteiger charge is -2.09. The van der Waals surface area contributed by atoms with Gasteiger partial charge in [-0.25, -0.2) is 5.43 Å². The summed E-state index contributed by atoms with van der Waals surface area (Å²) >= 11 is 2.13. The van der Waals surface area contributed by atoms with E-state index in [1.165, 1.54) is 0 Å². The summed E-state index contributed by atoms with van der Waals surface area (Å²) in [4.78, 5) is 12.2. The SMILES string of the molecule is O=C(N/N=C\c1ccccc1OCc1ccccc1)c1ccccc1I. The summed E-state index contributed by atoms with van der Waals surface area (Å²) in [6, 6.07) is 24.9. The maximum Gasteiger partial charge on any atom is 0.272 e. The zero-order valence-electron chi connectivity index (χ0n) is 13.9. The normalized spacial score (nSPS) is 10.7. The van der Waals surface area contributed by atoms with Gasteiger partial charge in [0.2, 0.25) is 0 Å². The van der Waals surface area contributed by atoms with Gasteiger partial charge in [-0.3, -0.25) is 4.79 Å². The second-order valence-corrected chi connectivity index (χ2v) is 6.65. The average molecular weight is 456 g/mol. The summed E-state index contributed by atoms with van der Waals surface area (Å²) in [5.41, 5.74) is 5.04. The summed E-state index contributed by atoms with van der Waals surface area (Å²) < 4.78 is 6.76. The lowest BCUT2D eigenvalue weighted by atomic mass is 10.2. The number of hydrogen-bond acceptors (Lipinski definition) is 3. The molecule has 0 bridgehead atoms. The lowest BCUT2D eigenvalue weighted by Crippen LogP contribution is -2.18. The molecule has 0 aromatic heterocycles. The fourth-order valence-corrected chi connectivity index (χ4v) is 2.95. The van der Waals surface area contributed by atoms with Crippen LogP contribution in [0.25, 0.3) is 0 Å². The molecule has 0 heterocycles. The van der Waals surface area contributed by atoms with E-state index in [4.69, 9.17) is 4.74 Å². The summed E-state index contributed by atoms with van der Waals surface area (Å²) in [6.07, 6.45) is 1.59. The van der Waals surface area contributed by atoms with Gasteiger partial charge in [-0.15, -0.1) is 0 Å². The highest BCUT2D eigenvalue weighted by Crippen LogP contribution is 2.17. The summed E-state index contributed by atoms with van der Waals surface area (Å²) in [7, 11) is 0. The van der Waals surface area contributed by atoms with E-state index in [-0.39, 0.29) is 5.91 Å². The number of nitrogens with one attached hydrogen (secondary N) is 1. The molecule has 0 spiro atoms. The van der Waals surface area contributed by atoms with Crippen LogP contribution < -0.4 is 10.2 Å². The Morgan fingerprint density at radius 3 is 2.46 bits per heavy atom. The Kier molecular flexibility index (Phi) is 6.38. The Morgan fingerprint density at radius 1 is 0.962 bits per heavy atom. The smallest absolute Gasteiger partial charge is 0.272 e. The highest BCUT2D eigenvalue weighted by Gasteiger charge is 2.07. The number of amides is 1. The maximum atomic E-state index is 12.2. The van der Waals surface area contributed by atoms with Crippen LogP contribution in [0.4, 0.5) is 0 Å². The number of rotatable bonds is 6. The first-order valence-electron chi connectivity index (χ1n) is 8.08. The first-order chi connectivity index (χ1) is 12.7. The zero-order valence-corrected chi connectivity index (χ0v) is 16.1. The second-order valence-electron chi connectivity index (χ2n) is 5.49. The van der Waals surface area contributed by atoms with Crippen LogP contribution in [0.5, 0.6) is 5.75 Å². The van der Waals surface area contributed by atoms with Crippen molar-refractivity contribution < 1.29 is 9.53 Å². The van der Waals surface area contributed by atoms with Gasteiger partial charge in [-0.1, -0.05) is 54.6 Å². The van der Waals surface area contributed by atoms with Crippen LogP contribution in [0.1, 0.15) is 21.5 Å². The number of halogens is 1. The van der Waals surface area contributed by atoms with E-state index < -0.39 is 0 Å². The van der Waals surface area contributed by atoms with Gasteiger partial charge in [0.1, 0.15) is 12.4 Å². The van der Waals surface area contributed by atoms with E-state index >= 15 is 0 Å². The van der Waals surface area contributed by atoms with Crippen molar-refractivity contribution in [3.05, 3.63) is 99.1 Å². The van der Waals surface area contributed by atoms with Crippen molar-refractivity contribution in [1.82, 2.24) is 5.43 Å². The molecule has 3 aromatic carbocycles. The predicted octanol–water partition coefficient (Wildman–Crippen LogP) is 4.63. The molecule has 0 saturated heterocycles. The molecule has 1 amide bonds. The third-order valence-electron chi connectivity index (χ3n) is 3.64. The number of para-hydroxylation sites is 1. The third kappa shape index (κ3) is 4.92. The van der Waals surface area contributed by atoms with Crippen molar-refractivity contribution in [2.24, 2.45) is 5.10 Å². The van der Waals surface area contributed by atoms with Crippen molar-refractivity contribution in [2.45, 2.75) is 6.61 Å². The molecule has 26 heavy (non-hydrogen) atoms. The third-order valence-corrected chi connectivity index (χ3v) is 4.59. The van der Waals surface area contributed by atoms with Crippen molar-refractivity contribution in [3.63, 3.8) is 0 Å². The number of carbonyl (C=O) groups excluding carboxylic acids is 1. The van der Waals surface area contributed by atoms with Gasteiger partial charge in [-0.05, 0) is 52.4 Å². The number of benzene rings is 3. The molecule has 0 aliphatic heterocycles. The molecule has 5 heteroatoms. The number of ether oxygens (including phenoxy) is 1. The Bertz CT molecular complexity index is 911. The summed E-state index contributed by atoms with van der Waals surface area (Å²) in [6.45, 7) is 0.472. The number of nitrogens with zero attached hydrogens (tertiary/aromatic N) is 1. The van der Waals surface area contributed by atoms with Crippen LogP contribution in [-0.2, 0) is 6.61 Å². The van der Waals surface area contributed by atoms with Crippen molar-refractivity contribution in [1.29, 1.82) is 0 Å². The topological polar surface area (TPSA) is 50.7 Å². The number of carbonyl (C=O) groups is 1. The molecule has 0 unspecified atom stereocenters. The van der Waals surface area contributed by atoms with E-state index in [0.717, 1.165) is 14.7 Å². The van der Waals surface area contributed by atoms with Crippen LogP contribution in [0.2, 0.25) is 0 Å². The second kappa shape index (κ2) is 9.15. The average Bonchev–Trinajstić information content (AvgIpc) is 2.68. The van der Waals surface area contributed by atoms with Gasteiger partial charge in [0.25, 0.3) is 5.91 Å². The Morgan fingerprint density at radius 2 is 1.65 bits per heavy atom. The predicted molar refractivity (Wildman–Crippen MR) is 111 cm³/mol. The Labute approximate surface area is 166 Å². The highest BCUT2D eigenvalue weighted by molar-refractivity contribution is 14.1. The fraction of sp³-hybridized carbons (Fsp3) is 0.0476. The molecule has 3 rings (SSSR count). The van der Waals surface area contributed by atoms with Gasteiger partial charge in [-0.2, -0.15) is 5.10 Å². The zero-order chi connectivity index (χ0) is 18.2. The minimum atomic E-state index is -0.242. The molecule has 0 atom stereocenters. The van der Waals surface area contributed by atoms with Crippen molar-refractivity contribution in [2.75, 3.05) is 0 Å². The van der Waals surface area contributed by atoms with Gasteiger partial charge >= 0.3 is 0 Å². The summed E-state index contributed by atoms with van der Waals surface area (Å²) in [5.74, 6) is 0.470. The van der Waals surface area contributed by atoms with Crippen LogP contribution >= 0.6 is 22.6 Å². The van der Waals surface area contributed by atoms with Crippen LogP contribution in [0.3, 0.4) is 0 Å². The van der Waals surface area contributed by atoms with Gasteiger partial charge in [0, 0.05) is 9.13 Å². The number of hydrogen-bond donors (Lipinski definition) is 1. The number of hydrazone groups is 1. The quantitative estimate of drug-likeness (QED) is 0.334. The first-order valence-corrected chi connectivity index (χ1v) is 9.15. The molecule has 0 radical (unpaired) electrons. The molecule has 1 N–H and O–H groups in total. The van der Waals surface area contributed by atoms with E-state index in [0.29, 0.717) is 17.9 Å². The molecule has 0 fully saturated rings. The van der Waals surface area contributed by atoms with Crippen LogP contribution in [-0.4, -0.2) is 12.1 Å². The standard InChI is InChI=1S/C21H17IN2O2/c22-19-12-6-5-11-18(19)21(25)24-23-14-17-10-4-7-13-20(17)26-15-16-8-2-1-3-9-16/h1-14H,15H2,(H,24,25)/b23-14-. The Hall–Kier alpha value is -2.67. The van der Waals surface area contributed by atoms with Crippen LogP contribution in [0, 0.1) is 3.57 Å². The fourth-order valence-electron chi connectivity index (χ4n) is 2.32. The lowest BCUT2D eigenvalue weighted by molar-refractivity contribution is 0.0954. The Balaban J connectivity index is 1.65. The van der Waals surface area contributed by atoms with Crippen LogP contribution in [0.15, 0.2) is 84.0 Å². The molecular weight excluding hydrogens is 439 g/mol. The minimum Gasteiger partial charge on any atom is -0.488 e. The maximum absolute atomic E-state index is 12.2. The van der Waals surface area contributed by atoms with E-state index in [1.54, 1.807) is 12.3 Å². The molecule has 4 nitrogen and oxygen atoms in total. The van der Waals surface area contributed by atoms with Crippen molar-refractivity contribution in [3.8, 4) is 5.75 Å². The van der Waals surface area contributed by atoms with Crippen molar-refractivity contribution >= 4 is 34.7 Å². The van der Waals surface area contributed by atoms with Gasteiger partial charge < -0.3 is 4.74 Å². The molecule has 0 aliphatic carbocycles. The van der Waals surface area contributed by atoms with Gasteiger partial charge in [0.15, 0.2) is 0 Å². The van der Waals surface area contributed by atoms with Gasteiger partial charge in [0.05, 0.1) is 11.8 Å². The minimum absolute atomic E-state index is 0.242. The molecule has 3 aromatic rings. The summed E-state index contributed by atoms with van der Waals surface area (Å²) in [5, 5.41) is 4.07. The molecule has 0 aliphatic rings. The highest BCUT2D eigenvalue weighted by atomic mass is 127.